The molecule has 2 rings (SSSR count). The Kier molecular flexibility index (Phi) is 6.37. The molecule has 0 atom stereocenters. The molecule has 0 bridgehead atoms. The van der Waals surface area contributed by atoms with Crippen LogP contribution < -0.4 is 10.6 Å². The van der Waals surface area contributed by atoms with Crippen LogP contribution in [0.2, 0.25) is 0 Å². The zero-order chi connectivity index (χ0) is 17.5. The van der Waals surface area contributed by atoms with Gasteiger partial charge in [-0.05, 0) is 43.9 Å². The molecule has 2 N–H and O–H groups in total. The molecule has 24 heavy (non-hydrogen) atoms. The van der Waals surface area contributed by atoms with Crippen LogP contribution in [0.4, 0.5) is 5.69 Å². The van der Waals surface area contributed by atoms with Gasteiger partial charge in [0.1, 0.15) is 5.03 Å². The normalized spacial score (nSPS) is 10.3. The average molecular weight is 343 g/mol. The van der Waals surface area contributed by atoms with Gasteiger partial charge in [-0.2, -0.15) is 0 Å². The van der Waals surface area contributed by atoms with Gasteiger partial charge in [0.05, 0.1) is 5.56 Å². The number of nitrogens with zero attached hydrogens (tertiary/aromatic N) is 1. The Bertz CT molecular complexity index is 747. The highest BCUT2D eigenvalue weighted by atomic mass is 32.2. The number of amides is 2. The van der Waals surface area contributed by atoms with Crippen molar-refractivity contribution in [3.63, 3.8) is 0 Å². The van der Waals surface area contributed by atoms with Crippen LogP contribution in [0, 0.1) is 13.8 Å². The van der Waals surface area contributed by atoms with Gasteiger partial charge in [-0.25, -0.2) is 4.98 Å². The van der Waals surface area contributed by atoms with Gasteiger partial charge in [0.2, 0.25) is 5.91 Å². The molecule has 1 aromatic carbocycles. The standard InChI is InChI=1S/C18H21N3O2S/c1-12-6-7-15(13(2)11-12)21-16(22)8-10-19-17(23)14-5-4-9-20-18(14)24-3/h4-7,9,11H,8,10H2,1-3H3,(H,19,23)(H,21,22). The van der Waals surface area contributed by atoms with E-state index < -0.39 is 0 Å². The van der Waals surface area contributed by atoms with Gasteiger partial charge in [-0.15, -0.1) is 11.8 Å². The number of carbonyl (C=O) groups is 2. The maximum absolute atomic E-state index is 12.2. The molecule has 0 saturated carbocycles. The van der Waals surface area contributed by atoms with Crippen LogP contribution in [-0.4, -0.2) is 29.6 Å². The van der Waals surface area contributed by atoms with E-state index in [0.29, 0.717) is 10.6 Å². The number of nitrogens with one attached hydrogen (secondary N) is 2. The summed E-state index contributed by atoms with van der Waals surface area (Å²) in [7, 11) is 0. The van der Waals surface area contributed by atoms with Gasteiger partial charge in [0.25, 0.3) is 5.91 Å². The van der Waals surface area contributed by atoms with E-state index in [-0.39, 0.29) is 24.8 Å². The number of pyridine rings is 1. The quantitative estimate of drug-likeness (QED) is 0.790. The summed E-state index contributed by atoms with van der Waals surface area (Å²) in [5, 5.41) is 6.30. The zero-order valence-corrected chi connectivity index (χ0v) is 14.9. The molecule has 0 radical (unpaired) electrons. The molecule has 6 heteroatoms. The minimum absolute atomic E-state index is 0.126. The molecule has 0 fully saturated rings. The first kappa shape index (κ1) is 18.0. The molecule has 5 nitrogen and oxygen atoms in total. The van der Waals surface area contributed by atoms with Crippen molar-refractivity contribution in [2.45, 2.75) is 25.3 Å². The van der Waals surface area contributed by atoms with E-state index in [9.17, 15) is 9.59 Å². The topological polar surface area (TPSA) is 71.1 Å². The number of carbonyl (C=O) groups excluding carboxylic acids is 2. The highest BCUT2D eigenvalue weighted by molar-refractivity contribution is 7.98. The SMILES string of the molecule is CSc1ncccc1C(=O)NCCC(=O)Nc1ccc(C)cc1C. The molecule has 126 valence electrons. The molecule has 0 unspecified atom stereocenters. The van der Waals surface area contributed by atoms with Crippen LogP contribution in [0.25, 0.3) is 0 Å². The molecule has 0 saturated heterocycles. The Labute approximate surface area is 146 Å². The summed E-state index contributed by atoms with van der Waals surface area (Å²) in [6.45, 7) is 4.24. The van der Waals surface area contributed by atoms with Gasteiger partial charge in [-0.1, -0.05) is 17.7 Å². The second kappa shape index (κ2) is 8.49. The number of thioether (sulfide) groups is 1. The Hall–Kier alpha value is -2.34. The summed E-state index contributed by atoms with van der Waals surface area (Å²) in [6, 6.07) is 9.31. The fourth-order valence-electron chi connectivity index (χ4n) is 2.28. The maximum atomic E-state index is 12.2. The van der Waals surface area contributed by atoms with Crippen molar-refractivity contribution in [1.82, 2.24) is 10.3 Å². The van der Waals surface area contributed by atoms with Gasteiger partial charge < -0.3 is 10.6 Å². The van der Waals surface area contributed by atoms with E-state index in [1.54, 1.807) is 18.3 Å². The Balaban J connectivity index is 1.85. The molecule has 1 heterocycles. The number of aromatic nitrogens is 1. The van der Waals surface area contributed by atoms with Crippen LogP contribution >= 0.6 is 11.8 Å². The monoisotopic (exact) mass is 343 g/mol. The number of hydrogen-bond donors (Lipinski definition) is 2. The van der Waals surface area contributed by atoms with Crippen molar-refractivity contribution in [2.75, 3.05) is 18.1 Å². The first-order valence-electron chi connectivity index (χ1n) is 7.65. The molecular weight excluding hydrogens is 322 g/mol. The largest absolute Gasteiger partial charge is 0.351 e. The van der Waals surface area contributed by atoms with Crippen LogP contribution in [-0.2, 0) is 4.79 Å². The third-order valence-corrected chi connectivity index (χ3v) is 4.21. The van der Waals surface area contributed by atoms with Crippen LogP contribution in [0.3, 0.4) is 0 Å². The molecule has 2 aromatic rings. The predicted octanol–water partition coefficient (Wildman–Crippen LogP) is 3.18. The van der Waals surface area contributed by atoms with Crippen LogP contribution in [0.15, 0.2) is 41.6 Å². The molecule has 0 aliphatic heterocycles. The van der Waals surface area contributed by atoms with Crippen molar-refractivity contribution >= 4 is 29.3 Å². The molecule has 0 aliphatic carbocycles. The minimum Gasteiger partial charge on any atom is -0.351 e. The lowest BCUT2D eigenvalue weighted by Crippen LogP contribution is -2.28. The number of hydrogen-bond acceptors (Lipinski definition) is 4. The Morgan fingerprint density at radius 1 is 1.21 bits per heavy atom. The molecule has 2 amide bonds. The Morgan fingerprint density at radius 2 is 2.00 bits per heavy atom. The number of rotatable bonds is 6. The van der Waals surface area contributed by atoms with Gasteiger partial charge >= 0.3 is 0 Å². The van der Waals surface area contributed by atoms with E-state index in [2.05, 4.69) is 15.6 Å². The van der Waals surface area contributed by atoms with Crippen molar-refractivity contribution < 1.29 is 9.59 Å². The van der Waals surface area contributed by atoms with Gasteiger partial charge in [-0.3, -0.25) is 9.59 Å². The summed E-state index contributed by atoms with van der Waals surface area (Å²) in [6.07, 6.45) is 3.74. The van der Waals surface area contributed by atoms with E-state index >= 15 is 0 Å². The summed E-state index contributed by atoms with van der Waals surface area (Å²) in [5.41, 5.74) is 3.50. The van der Waals surface area contributed by atoms with Crippen molar-refractivity contribution in [3.05, 3.63) is 53.2 Å². The predicted molar refractivity (Wildman–Crippen MR) is 97.5 cm³/mol. The van der Waals surface area contributed by atoms with Crippen LogP contribution in [0.5, 0.6) is 0 Å². The summed E-state index contributed by atoms with van der Waals surface area (Å²) < 4.78 is 0. The fraction of sp³-hybridized carbons (Fsp3) is 0.278. The number of benzene rings is 1. The lowest BCUT2D eigenvalue weighted by atomic mass is 10.1. The highest BCUT2D eigenvalue weighted by Gasteiger charge is 2.12. The summed E-state index contributed by atoms with van der Waals surface area (Å²) in [4.78, 5) is 28.3. The van der Waals surface area contributed by atoms with E-state index in [1.165, 1.54) is 11.8 Å². The lowest BCUT2D eigenvalue weighted by Gasteiger charge is -2.10. The smallest absolute Gasteiger partial charge is 0.254 e. The second-order valence-corrected chi connectivity index (χ2v) is 6.23. The van der Waals surface area contributed by atoms with Gasteiger partial charge in [0, 0.05) is 24.8 Å². The third-order valence-electron chi connectivity index (χ3n) is 3.50. The highest BCUT2D eigenvalue weighted by Crippen LogP contribution is 2.17. The summed E-state index contributed by atoms with van der Waals surface area (Å²) in [5.74, 6) is -0.342. The maximum Gasteiger partial charge on any atom is 0.254 e. The van der Waals surface area contributed by atoms with E-state index in [0.717, 1.165) is 16.8 Å². The van der Waals surface area contributed by atoms with E-state index in [4.69, 9.17) is 0 Å². The number of anilines is 1. The molecule has 0 aliphatic rings. The Morgan fingerprint density at radius 3 is 2.71 bits per heavy atom. The fourth-order valence-corrected chi connectivity index (χ4v) is 2.82. The average Bonchev–Trinajstić information content (AvgIpc) is 2.57. The van der Waals surface area contributed by atoms with Crippen LogP contribution in [0.1, 0.15) is 27.9 Å². The minimum atomic E-state index is -0.216. The first-order chi connectivity index (χ1) is 11.5. The lowest BCUT2D eigenvalue weighted by molar-refractivity contribution is -0.116. The van der Waals surface area contributed by atoms with Crippen molar-refractivity contribution in [1.29, 1.82) is 0 Å². The third kappa shape index (κ3) is 4.83. The summed E-state index contributed by atoms with van der Waals surface area (Å²) >= 11 is 1.42. The van der Waals surface area contributed by atoms with Crippen molar-refractivity contribution in [3.8, 4) is 0 Å². The first-order valence-corrected chi connectivity index (χ1v) is 8.88. The molecular formula is C18H21N3O2S. The van der Waals surface area contributed by atoms with Gasteiger partial charge in [0.15, 0.2) is 0 Å². The molecule has 1 aromatic heterocycles. The van der Waals surface area contributed by atoms with Crippen molar-refractivity contribution in [2.24, 2.45) is 0 Å². The second-order valence-electron chi connectivity index (χ2n) is 5.43. The zero-order valence-electron chi connectivity index (χ0n) is 14.1. The van der Waals surface area contributed by atoms with E-state index in [1.807, 2.05) is 38.3 Å². The molecule has 0 spiro atoms. The number of aryl methyl sites for hydroxylation is 2.